The van der Waals surface area contributed by atoms with Gasteiger partial charge in [0.1, 0.15) is 22.7 Å². The number of benzene rings is 15. The van der Waals surface area contributed by atoms with Crippen molar-refractivity contribution in [3.8, 4) is 90.8 Å². The maximum absolute atomic E-state index is 5.30. The summed E-state index contributed by atoms with van der Waals surface area (Å²) in [5.41, 5.74) is 24.5. The Morgan fingerprint density at radius 2 is 0.472 bits per heavy atom. The van der Waals surface area contributed by atoms with E-state index in [1.807, 2.05) is 72.8 Å². The predicted octanol–water partition coefficient (Wildman–Crippen LogP) is 24.8. The Labute approximate surface area is 612 Å². The molecule has 0 amide bonds. The SMILES string of the molecule is c1ccc(-c2ccc3c4cc5c(cc4n(-c4nc(-c6ccccc6)nc(-c6ccccc6)n4)c3c2)[N+](c2ccccc2)(c2ccccc2)c2ccccc2-5)cc1.c1ccc(-c2nc(-c3ccccc3)nc(-n3c4ccccc4c4cc5c(cc43)[N+](c3ccccc3)(c3ccccc3)c3ccccc3-5)n2)cc1. The molecule has 4 aromatic heterocycles. The second kappa shape index (κ2) is 25.4. The normalized spacial score (nSPS) is 12.9. The third-order valence-electron chi connectivity index (χ3n) is 21.0. The third kappa shape index (κ3) is 9.88. The molecule has 0 radical (unpaired) electrons. The van der Waals surface area contributed by atoms with Crippen molar-refractivity contribution in [1.82, 2.24) is 48.0 Å². The van der Waals surface area contributed by atoms with Crippen LogP contribution in [0.2, 0.25) is 0 Å². The monoisotopic (exact) mass is 1360 g/mol. The Morgan fingerprint density at radius 1 is 0.179 bits per heavy atom. The molecular weight excluding hydrogens is 1290 g/mol. The fraction of sp³-hybridized carbons (Fsp3) is 0. The lowest BCUT2D eigenvalue weighted by Gasteiger charge is -2.34. The van der Waals surface area contributed by atoms with Crippen LogP contribution < -0.4 is 8.97 Å². The summed E-state index contributed by atoms with van der Waals surface area (Å²) in [6, 6.07) is 137. The molecule has 0 atom stereocenters. The molecule has 0 saturated carbocycles. The van der Waals surface area contributed by atoms with Gasteiger partial charge in [-0.05, 0) is 47.5 Å². The van der Waals surface area contributed by atoms with Gasteiger partial charge in [0.2, 0.25) is 11.9 Å². The van der Waals surface area contributed by atoms with E-state index >= 15 is 0 Å². The first kappa shape index (κ1) is 61.7. The van der Waals surface area contributed by atoms with E-state index in [0.29, 0.717) is 44.2 Å². The first-order chi connectivity index (χ1) is 52.6. The van der Waals surface area contributed by atoms with Gasteiger partial charge in [0, 0.05) is 117 Å². The van der Waals surface area contributed by atoms with Crippen LogP contribution >= 0.6 is 0 Å². The zero-order chi connectivity index (χ0) is 70.1. The minimum atomic E-state index is 0.446. The lowest BCUT2D eigenvalue weighted by molar-refractivity contribution is 0.721. The number of quaternary nitrogens is 2. The maximum Gasteiger partial charge on any atom is 0.238 e. The Hall–Kier alpha value is -14.2. The molecule has 10 nitrogen and oxygen atoms in total. The average Bonchev–Trinajstić information content (AvgIpc) is 1.53. The Kier molecular flexibility index (Phi) is 14.8. The number of hydrogen-bond donors (Lipinski definition) is 0. The van der Waals surface area contributed by atoms with Gasteiger partial charge in [-0.1, -0.05) is 279 Å². The number of nitrogens with zero attached hydrogens (tertiary/aromatic N) is 10. The van der Waals surface area contributed by atoms with Crippen LogP contribution in [0.5, 0.6) is 0 Å². The summed E-state index contributed by atoms with van der Waals surface area (Å²) in [6.45, 7) is 0. The molecule has 21 rings (SSSR count). The second-order valence-corrected chi connectivity index (χ2v) is 26.8. The second-order valence-electron chi connectivity index (χ2n) is 26.8. The average molecular weight is 1360 g/mol. The van der Waals surface area contributed by atoms with Crippen molar-refractivity contribution < 1.29 is 0 Å². The highest BCUT2D eigenvalue weighted by molar-refractivity contribution is 6.17. The molecule has 0 fully saturated rings. The van der Waals surface area contributed by atoms with Crippen molar-refractivity contribution >= 4 is 89.1 Å². The van der Waals surface area contributed by atoms with Gasteiger partial charge in [-0.2, -0.15) is 28.9 Å². The van der Waals surface area contributed by atoms with E-state index in [-0.39, 0.29) is 0 Å². The molecule has 496 valence electrons. The Bertz CT molecular complexity index is 6340. The summed E-state index contributed by atoms with van der Waals surface area (Å²) < 4.78 is 5.39. The van der Waals surface area contributed by atoms with Crippen LogP contribution in [0.25, 0.3) is 134 Å². The lowest BCUT2D eigenvalue weighted by Crippen LogP contribution is -2.31. The molecule has 0 saturated heterocycles. The van der Waals surface area contributed by atoms with E-state index < -0.39 is 0 Å². The predicted molar refractivity (Wildman–Crippen MR) is 434 cm³/mol. The van der Waals surface area contributed by atoms with Crippen molar-refractivity contribution in [3.05, 3.63) is 388 Å². The van der Waals surface area contributed by atoms with Crippen LogP contribution in [0.4, 0.5) is 45.5 Å². The first-order valence-electron chi connectivity index (χ1n) is 35.8. The van der Waals surface area contributed by atoms with Crippen LogP contribution in [-0.4, -0.2) is 39.0 Å². The number of para-hydroxylation sites is 7. The van der Waals surface area contributed by atoms with Gasteiger partial charge in [0.15, 0.2) is 46.0 Å². The minimum absolute atomic E-state index is 0.446. The van der Waals surface area contributed by atoms with Gasteiger partial charge in [-0.25, -0.2) is 9.97 Å². The van der Waals surface area contributed by atoms with E-state index in [0.717, 1.165) is 88.4 Å². The molecule has 10 heteroatoms. The number of fused-ring (bicyclic) bond motifs is 12. The summed E-state index contributed by atoms with van der Waals surface area (Å²) in [7, 11) is 0. The van der Waals surface area contributed by atoms with Crippen LogP contribution in [-0.2, 0) is 0 Å². The topological polar surface area (TPSA) is 87.2 Å². The fourth-order valence-electron chi connectivity index (χ4n) is 16.3. The van der Waals surface area contributed by atoms with Crippen LogP contribution in [0.1, 0.15) is 0 Å². The van der Waals surface area contributed by atoms with Crippen LogP contribution in [0.3, 0.4) is 0 Å². The van der Waals surface area contributed by atoms with Gasteiger partial charge in [-0.15, -0.1) is 0 Å². The zero-order valence-electron chi connectivity index (χ0n) is 57.4. The molecule has 0 aliphatic carbocycles. The summed E-state index contributed by atoms with van der Waals surface area (Å²) >= 11 is 0. The number of hydrogen-bond acceptors (Lipinski definition) is 6. The largest absolute Gasteiger partial charge is 0.278 e. The molecule has 2 aliphatic rings. The maximum atomic E-state index is 5.30. The first-order valence-corrected chi connectivity index (χ1v) is 35.8. The van der Waals surface area contributed by atoms with Crippen molar-refractivity contribution in [2.24, 2.45) is 0 Å². The third-order valence-corrected chi connectivity index (χ3v) is 21.0. The van der Waals surface area contributed by atoms with E-state index in [2.05, 4.69) is 325 Å². The van der Waals surface area contributed by atoms with E-state index in [1.165, 1.54) is 56.4 Å². The van der Waals surface area contributed by atoms with Gasteiger partial charge >= 0.3 is 0 Å². The molecule has 0 unspecified atom stereocenters. The fourth-order valence-corrected chi connectivity index (χ4v) is 16.3. The number of aromatic nitrogens is 8. The van der Waals surface area contributed by atoms with Gasteiger partial charge in [-0.3, -0.25) is 9.13 Å². The van der Waals surface area contributed by atoms with Crippen LogP contribution in [0.15, 0.2) is 388 Å². The summed E-state index contributed by atoms with van der Waals surface area (Å²) in [5.74, 6) is 3.65. The molecular formula is C96H64N10+2. The summed E-state index contributed by atoms with van der Waals surface area (Å²) in [5, 5.41) is 4.57. The quantitative estimate of drug-likeness (QED) is 0.120. The summed E-state index contributed by atoms with van der Waals surface area (Å²) in [6.07, 6.45) is 0. The molecule has 0 spiro atoms. The molecule has 19 aromatic rings. The van der Waals surface area contributed by atoms with Crippen molar-refractivity contribution in [2.75, 3.05) is 0 Å². The molecule has 0 bridgehead atoms. The van der Waals surface area contributed by atoms with E-state index in [4.69, 9.17) is 29.9 Å². The van der Waals surface area contributed by atoms with Gasteiger partial charge in [0.25, 0.3) is 0 Å². The van der Waals surface area contributed by atoms with E-state index in [9.17, 15) is 0 Å². The summed E-state index contributed by atoms with van der Waals surface area (Å²) in [4.78, 5) is 31.0. The van der Waals surface area contributed by atoms with Crippen molar-refractivity contribution in [2.45, 2.75) is 0 Å². The van der Waals surface area contributed by atoms with E-state index in [1.54, 1.807) is 0 Å². The van der Waals surface area contributed by atoms with Crippen molar-refractivity contribution in [1.29, 1.82) is 0 Å². The molecule has 15 aromatic carbocycles. The lowest BCUT2D eigenvalue weighted by atomic mass is 10.0. The van der Waals surface area contributed by atoms with Gasteiger partial charge in [0.05, 0.1) is 44.3 Å². The highest BCUT2D eigenvalue weighted by atomic mass is 15.4. The molecule has 6 heterocycles. The molecule has 0 N–H and O–H groups in total. The number of rotatable bonds is 11. The zero-order valence-corrected chi connectivity index (χ0v) is 57.4. The van der Waals surface area contributed by atoms with Gasteiger partial charge < -0.3 is 0 Å². The van der Waals surface area contributed by atoms with Crippen LogP contribution in [0, 0.1) is 0 Å². The molecule has 106 heavy (non-hydrogen) atoms. The Morgan fingerprint density at radius 3 is 0.849 bits per heavy atom. The minimum Gasteiger partial charge on any atom is -0.278 e. The highest BCUT2D eigenvalue weighted by Gasteiger charge is 2.50. The van der Waals surface area contributed by atoms with Crippen molar-refractivity contribution in [3.63, 3.8) is 0 Å². The highest BCUT2D eigenvalue weighted by Crippen LogP contribution is 2.65. The Balaban J connectivity index is 0.000000141. The standard InChI is InChI=1S/C51H34N5.C45H30N5/c1-6-18-35(19-7-1)38-30-31-41-43-33-44-42-28-16-17-29-47(42)56(39-24-12-4-13-25-39,40-26-14-5-15-27-40)48(44)34-46(43)55(45(41)32-38)51-53-49(36-20-8-2-9-21-36)52-50(54-51)37-22-10-3-11-23-37;1-5-17-31(18-6-1)43-46-44(32-19-7-2-8-20-32)48-45(47-43)49-39-27-15-13-25-35(39)37-29-38-36-26-14-16-28-41(36)50(42(38)30-40(37)49,33-21-9-3-10-22-33)34-23-11-4-12-24-34/h1-34H;1-30H/q2*+1. The smallest absolute Gasteiger partial charge is 0.238 e. The molecule has 2 aliphatic heterocycles.